The molecule has 12 nitrogen and oxygen atoms in total. The molecule has 2 fully saturated rings. The largest absolute Gasteiger partial charge is 0.336 e. The molecular formula is C17H25N5O7S2. The van der Waals surface area contributed by atoms with Crippen LogP contribution in [0.5, 0.6) is 0 Å². The topological polar surface area (TPSA) is 141 Å². The van der Waals surface area contributed by atoms with Crippen LogP contribution in [0.25, 0.3) is 0 Å². The Hall–Kier alpha value is -2.13. The third kappa shape index (κ3) is 5.20. The van der Waals surface area contributed by atoms with Crippen LogP contribution in [0, 0.1) is 10.1 Å². The fraction of sp³-hybridized carbons (Fsp3) is 0.588. The maximum atomic E-state index is 12.9. The van der Waals surface area contributed by atoms with Gasteiger partial charge in [-0.2, -0.15) is 17.0 Å². The number of non-ortho nitro benzene ring substituents is 1. The summed E-state index contributed by atoms with van der Waals surface area (Å²) in [4.78, 5) is 26.4. The fourth-order valence-electron chi connectivity index (χ4n) is 3.51. The van der Waals surface area contributed by atoms with Gasteiger partial charge in [-0.15, -0.1) is 0 Å². The van der Waals surface area contributed by atoms with Gasteiger partial charge in [-0.05, 0) is 13.1 Å². The van der Waals surface area contributed by atoms with E-state index in [4.69, 9.17) is 0 Å². The van der Waals surface area contributed by atoms with Crippen molar-refractivity contribution in [1.29, 1.82) is 0 Å². The van der Waals surface area contributed by atoms with Crippen LogP contribution in [0.4, 0.5) is 5.69 Å². The van der Waals surface area contributed by atoms with Crippen molar-refractivity contribution in [3.63, 3.8) is 0 Å². The molecule has 1 aromatic carbocycles. The van der Waals surface area contributed by atoms with Gasteiger partial charge < -0.3 is 9.80 Å². The molecule has 0 N–H and O–H groups in total. The monoisotopic (exact) mass is 475 g/mol. The minimum absolute atomic E-state index is 0.0915. The number of carbonyl (C=O) groups is 1. The Morgan fingerprint density at radius 2 is 1.42 bits per heavy atom. The molecule has 0 aliphatic carbocycles. The SMILES string of the molecule is CN1CCN(S(=O)(=O)N2CCN(C(=O)c3cc([N+](=O)[O-])cc(S(C)(=O)=O)c3)CC2)CC1. The third-order valence-electron chi connectivity index (χ3n) is 5.42. The summed E-state index contributed by atoms with van der Waals surface area (Å²) in [7, 11) is -5.47. The Morgan fingerprint density at radius 1 is 0.903 bits per heavy atom. The third-order valence-corrected chi connectivity index (χ3v) is 8.55. The molecule has 1 amide bonds. The van der Waals surface area contributed by atoms with Crippen molar-refractivity contribution in [3.05, 3.63) is 33.9 Å². The first kappa shape index (κ1) is 23.5. The molecule has 14 heteroatoms. The lowest BCUT2D eigenvalue weighted by Gasteiger charge is -2.39. The summed E-state index contributed by atoms with van der Waals surface area (Å²) in [5.74, 6) is -0.578. The number of amides is 1. The molecule has 0 bridgehead atoms. The highest BCUT2D eigenvalue weighted by Gasteiger charge is 2.35. The molecule has 2 heterocycles. The van der Waals surface area contributed by atoms with Crippen molar-refractivity contribution in [1.82, 2.24) is 18.4 Å². The average molecular weight is 476 g/mol. The number of nitro groups is 1. The van der Waals surface area contributed by atoms with Crippen molar-refractivity contribution >= 4 is 31.6 Å². The molecule has 172 valence electrons. The van der Waals surface area contributed by atoms with E-state index in [0.29, 0.717) is 26.2 Å². The molecule has 31 heavy (non-hydrogen) atoms. The van der Waals surface area contributed by atoms with Crippen molar-refractivity contribution in [3.8, 4) is 0 Å². The van der Waals surface area contributed by atoms with E-state index < -0.39 is 36.6 Å². The number of carbonyl (C=O) groups excluding carboxylic acids is 1. The van der Waals surface area contributed by atoms with Gasteiger partial charge in [0.25, 0.3) is 21.8 Å². The molecule has 0 aromatic heterocycles. The Labute approximate surface area is 181 Å². The number of nitrogens with zero attached hydrogens (tertiary/aromatic N) is 5. The summed E-state index contributed by atoms with van der Waals surface area (Å²) in [6, 6.07) is 3.05. The predicted molar refractivity (Wildman–Crippen MR) is 112 cm³/mol. The first-order valence-electron chi connectivity index (χ1n) is 9.62. The Bertz CT molecular complexity index is 1070. The molecule has 0 saturated carbocycles. The van der Waals surface area contributed by atoms with Gasteiger partial charge in [0.1, 0.15) is 0 Å². The zero-order valence-corrected chi connectivity index (χ0v) is 18.9. The van der Waals surface area contributed by atoms with Crippen molar-refractivity contribution in [2.24, 2.45) is 0 Å². The first-order chi connectivity index (χ1) is 14.4. The van der Waals surface area contributed by atoms with E-state index >= 15 is 0 Å². The number of rotatable bonds is 5. The lowest BCUT2D eigenvalue weighted by Crippen LogP contribution is -2.57. The Morgan fingerprint density at radius 3 is 1.90 bits per heavy atom. The molecule has 0 unspecified atom stereocenters. The van der Waals surface area contributed by atoms with Crippen LogP contribution < -0.4 is 0 Å². The maximum absolute atomic E-state index is 12.9. The van der Waals surface area contributed by atoms with Crippen molar-refractivity contribution in [2.75, 3.05) is 65.7 Å². The first-order valence-corrected chi connectivity index (χ1v) is 12.9. The molecular weight excluding hydrogens is 450 g/mol. The van der Waals surface area contributed by atoms with Crippen LogP contribution in [0.1, 0.15) is 10.4 Å². The minimum Gasteiger partial charge on any atom is -0.336 e. The van der Waals surface area contributed by atoms with E-state index in [1.807, 2.05) is 11.9 Å². The number of hydrogen-bond acceptors (Lipinski definition) is 8. The van der Waals surface area contributed by atoms with E-state index in [-0.39, 0.29) is 36.6 Å². The van der Waals surface area contributed by atoms with Crippen LogP contribution in [-0.4, -0.2) is 112 Å². The van der Waals surface area contributed by atoms with Crippen LogP contribution in [0.2, 0.25) is 0 Å². The van der Waals surface area contributed by atoms with Gasteiger partial charge in [0.05, 0.1) is 9.82 Å². The zero-order chi connectivity index (χ0) is 23.0. The second kappa shape index (κ2) is 8.78. The summed E-state index contributed by atoms with van der Waals surface area (Å²) in [5, 5.41) is 11.2. The summed E-state index contributed by atoms with van der Waals surface area (Å²) in [5.41, 5.74) is -0.618. The minimum atomic E-state index is -3.76. The van der Waals surface area contributed by atoms with Gasteiger partial charge in [0, 0.05) is 76.3 Å². The van der Waals surface area contributed by atoms with Crippen LogP contribution in [-0.2, 0) is 20.0 Å². The smallest absolute Gasteiger partial charge is 0.282 e. The molecule has 1 aromatic rings. The van der Waals surface area contributed by atoms with Crippen LogP contribution in [0.3, 0.4) is 0 Å². The number of benzene rings is 1. The summed E-state index contributed by atoms with van der Waals surface area (Å²) in [6.45, 7) is 2.48. The lowest BCUT2D eigenvalue weighted by molar-refractivity contribution is -0.385. The van der Waals surface area contributed by atoms with Gasteiger partial charge in [0.15, 0.2) is 9.84 Å². The van der Waals surface area contributed by atoms with Crippen LogP contribution in [0.15, 0.2) is 23.1 Å². The van der Waals surface area contributed by atoms with E-state index in [0.717, 1.165) is 24.5 Å². The summed E-state index contributed by atoms with van der Waals surface area (Å²) < 4.78 is 52.2. The van der Waals surface area contributed by atoms with Gasteiger partial charge >= 0.3 is 0 Å². The number of piperazine rings is 2. The Balaban J connectivity index is 1.73. The predicted octanol–water partition coefficient (Wildman–Crippen LogP) is -0.752. The average Bonchev–Trinajstić information content (AvgIpc) is 2.72. The van der Waals surface area contributed by atoms with Gasteiger partial charge in [0.2, 0.25) is 0 Å². The molecule has 0 radical (unpaired) electrons. The number of hydrogen-bond donors (Lipinski definition) is 0. The number of sulfone groups is 1. The molecule has 0 atom stereocenters. The quantitative estimate of drug-likeness (QED) is 0.400. The van der Waals surface area contributed by atoms with E-state index in [1.54, 1.807) is 0 Å². The highest BCUT2D eigenvalue weighted by Crippen LogP contribution is 2.23. The van der Waals surface area contributed by atoms with Crippen molar-refractivity contribution < 1.29 is 26.6 Å². The fourth-order valence-corrected chi connectivity index (χ4v) is 5.76. The molecule has 3 rings (SSSR count). The highest BCUT2D eigenvalue weighted by molar-refractivity contribution is 7.90. The molecule has 2 saturated heterocycles. The summed E-state index contributed by atoms with van der Waals surface area (Å²) in [6.07, 6.45) is 0.905. The van der Waals surface area contributed by atoms with E-state index in [1.165, 1.54) is 13.5 Å². The Kier molecular flexibility index (Phi) is 6.67. The van der Waals surface area contributed by atoms with E-state index in [9.17, 15) is 31.7 Å². The molecule has 2 aliphatic rings. The number of nitro benzene ring substituents is 1. The van der Waals surface area contributed by atoms with Gasteiger partial charge in [-0.25, -0.2) is 8.42 Å². The molecule has 0 spiro atoms. The second-order valence-electron chi connectivity index (χ2n) is 7.65. The number of likely N-dealkylation sites (N-methyl/N-ethyl adjacent to an activating group) is 1. The maximum Gasteiger partial charge on any atom is 0.282 e. The second-order valence-corrected chi connectivity index (χ2v) is 11.6. The van der Waals surface area contributed by atoms with Gasteiger partial charge in [-0.3, -0.25) is 14.9 Å². The summed E-state index contributed by atoms with van der Waals surface area (Å²) >= 11 is 0. The zero-order valence-electron chi connectivity index (χ0n) is 17.3. The van der Waals surface area contributed by atoms with Gasteiger partial charge in [-0.1, -0.05) is 0 Å². The highest BCUT2D eigenvalue weighted by atomic mass is 32.2. The van der Waals surface area contributed by atoms with Crippen LogP contribution >= 0.6 is 0 Å². The lowest BCUT2D eigenvalue weighted by atomic mass is 10.1. The standard InChI is InChI=1S/C17H25N5O7S2/c1-18-3-7-20(8-4-18)31(28,29)21-9-5-19(6-10-21)17(23)14-11-15(22(24)25)13-16(12-14)30(2,26)27/h11-13H,3-10H2,1-2H3. The van der Waals surface area contributed by atoms with E-state index in [2.05, 4.69) is 0 Å². The normalized spacial score (nSPS) is 20.0. The molecule has 2 aliphatic heterocycles. The van der Waals surface area contributed by atoms with Crippen molar-refractivity contribution in [2.45, 2.75) is 4.90 Å².